The fraction of sp³-hybridized carbons (Fsp3) is 0.319. The molecule has 354 valence electrons. The first-order valence-electron chi connectivity index (χ1n) is 21.4. The van der Waals surface area contributed by atoms with E-state index in [4.69, 9.17) is 15.5 Å². The molecular formula is C47H54F2N10O8. The third-order valence-corrected chi connectivity index (χ3v) is 10.4. The summed E-state index contributed by atoms with van der Waals surface area (Å²) in [5, 5.41) is 20.3. The van der Waals surface area contributed by atoms with Gasteiger partial charge in [-0.2, -0.15) is 4.98 Å². The fourth-order valence-electron chi connectivity index (χ4n) is 6.51. The van der Waals surface area contributed by atoms with E-state index in [1.54, 1.807) is 68.1 Å². The van der Waals surface area contributed by atoms with E-state index >= 15 is 0 Å². The van der Waals surface area contributed by atoms with E-state index in [-0.39, 0.29) is 47.1 Å². The molecule has 0 saturated carbocycles. The minimum atomic E-state index is -0.486. The number of nitrogens with zero attached hydrogens (tertiary/aromatic N) is 7. The number of amides is 6. The molecule has 5 N–H and O–H groups in total. The Kier molecular flexibility index (Phi) is 17.8. The van der Waals surface area contributed by atoms with Crippen LogP contribution in [0.3, 0.4) is 0 Å². The van der Waals surface area contributed by atoms with Gasteiger partial charge < -0.3 is 50.4 Å². The number of anilines is 2. The van der Waals surface area contributed by atoms with Crippen LogP contribution in [0.2, 0.25) is 0 Å². The van der Waals surface area contributed by atoms with Crippen LogP contribution in [0.15, 0.2) is 107 Å². The van der Waals surface area contributed by atoms with Crippen molar-refractivity contribution in [3.05, 3.63) is 131 Å². The van der Waals surface area contributed by atoms with E-state index < -0.39 is 17.6 Å². The van der Waals surface area contributed by atoms with Crippen LogP contribution in [-0.2, 0) is 4.74 Å². The molecule has 0 aliphatic carbocycles. The molecule has 0 bridgehead atoms. The smallest absolute Gasteiger partial charge is 0.337 e. The van der Waals surface area contributed by atoms with Crippen LogP contribution in [0.5, 0.6) is 0 Å². The van der Waals surface area contributed by atoms with Gasteiger partial charge in [-0.05, 0) is 72.8 Å². The Labute approximate surface area is 386 Å². The maximum Gasteiger partial charge on any atom is 0.337 e. The number of carbonyl (C=O) groups is 5. The zero-order valence-electron chi connectivity index (χ0n) is 37.8. The summed E-state index contributed by atoms with van der Waals surface area (Å²) in [5.41, 5.74) is 7.85. The number of nitrogens with one attached hydrogen (secondary N) is 2. The van der Waals surface area contributed by atoms with Crippen LogP contribution in [0.25, 0.3) is 11.5 Å². The molecule has 0 radical (unpaired) electrons. The van der Waals surface area contributed by atoms with Gasteiger partial charge in [0.2, 0.25) is 0 Å². The molecule has 1 aromatic heterocycles. The van der Waals surface area contributed by atoms with Crippen LogP contribution in [0.1, 0.15) is 70.5 Å². The summed E-state index contributed by atoms with van der Waals surface area (Å²) in [7, 11) is 1.29. The molecule has 20 heteroatoms. The molecule has 7 rings (SSSR count). The van der Waals surface area contributed by atoms with Gasteiger partial charge in [-0.3, -0.25) is 9.59 Å². The maximum absolute atomic E-state index is 13.4. The maximum atomic E-state index is 13.4. The van der Waals surface area contributed by atoms with Gasteiger partial charge in [-0.1, -0.05) is 62.3 Å². The average molecular weight is 925 g/mol. The molecule has 4 aromatic carbocycles. The summed E-state index contributed by atoms with van der Waals surface area (Å²) in [5.74, 6) is -0.292. The summed E-state index contributed by atoms with van der Waals surface area (Å²) in [4.78, 5) is 72.6. The molecule has 5 aromatic rings. The Morgan fingerprint density at radius 2 is 1.12 bits per heavy atom. The second-order valence-electron chi connectivity index (χ2n) is 15.9. The van der Waals surface area contributed by atoms with Crippen LogP contribution < -0.4 is 16.4 Å². The Balaban J connectivity index is 0.000000221. The van der Waals surface area contributed by atoms with Crippen molar-refractivity contribution in [2.45, 2.75) is 33.6 Å². The van der Waals surface area contributed by atoms with Crippen molar-refractivity contribution < 1.29 is 47.2 Å². The van der Waals surface area contributed by atoms with Crippen LogP contribution in [0.4, 0.5) is 29.7 Å². The lowest BCUT2D eigenvalue weighted by molar-refractivity contribution is 0.0599. The molecule has 18 nitrogen and oxygen atoms in total. The standard InChI is InChI=1S/C23H24FN5O3.C20H20FN3O4.C4H10N2O/c1-15(2)20-26-21(32-27-20)16-5-4-8-19(14-16)25-23(31)29-11-9-28(10-12-29)22(30)17-6-3-7-18(24)13-17;1-28-19(26)15-5-3-7-17(13-15)22-20(27)24-10-8-23(9-11-24)18(25)14-4-2-6-16(21)12-14;1-3(2)4(5)6-7/h3-8,13-15H,9-12H2,1-2H3,(H,25,31);2-7,12-13H,8-11H2,1H3,(H,22,27);3,7H,1-2H3,(H2,5,6). The summed E-state index contributed by atoms with van der Waals surface area (Å²) in [6.45, 7) is 10.6. The van der Waals surface area contributed by atoms with Gasteiger partial charge in [0.25, 0.3) is 17.7 Å². The van der Waals surface area contributed by atoms with Gasteiger partial charge in [0.1, 0.15) is 17.5 Å². The van der Waals surface area contributed by atoms with Crippen LogP contribution >= 0.6 is 0 Å². The number of aromatic nitrogens is 2. The number of hydrogen-bond donors (Lipinski definition) is 4. The first-order chi connectivity index (χ1) is 32.1. The first-order valence-corrected chi connectivity index (χ1v) is 21.4. The number of methoxy groups -OCH3 is 1. The molecule has 0 spiro atoms. The minimum absolute atomic E-state index is 0.144. The minimum Gasteiger partial charge on any atom is -0.465 e. The number of benzene rings is 4. The number of amidine groups is 1. The number of hydrogen-bond acceptors (Lipinski definition) is 11. The van der Waals surface area contributed by atoms with Gasteiger partial charge >= 0.3 is 18.0 Å². The van der Waals surface area contributed by atoms with Crippen molar-refractivity contribution in [2.24, 2.45) is 16.8 Å². The van der Waals surface area contributed by atoms with Crippen LogP contribution in [-0.4, -0.2) is 130 Å². The van der Waals surface area contributed by atoms with E-state index in [2.05, 4.69) is 30.7 Å². The van der Waals surface area contributed by atoms with Gasteiger partial charge in [0, 0.05) is 92.3 Å². The summed E-state index contributed by atoms with van der Waals surface area (Å²) in [6, 6.07) is 24.3. The largest absolute Gasteiger partial charge is 0.465 e. The third kappa shape index (κ3) is 14.3. The van der Waals surface area contributed by atoms with E-state index in [9.17, 15) is 32.8 Å². The molecular weight excluding hydrogens is 871 g/mol. The van der Waals surface area contributed by atoms with Crippen molar-refractivity contribution in [3.63, 3.8) is 0 Å². The van der Waals surface area contributed by atoms with Gasteiger partial charge in [0.05, 0.1) is 12.7 Å². The van der Waals surface area contributed by atoms with Gasteiger partial charge in [-0.15, -0.1) is 0 Å². The zero-order valence-corrected chi connectivity index (χ0v) is 37.8. The molecule has 2 aliphatic rings. The van der Waals surface area contributed by atoms with Crippen molar-refractivity contribution >= 4 is 47.1 Å². The molecule has 2 saturated heterocycles. The quantitative estimate of drug-likeness (QED) is 0.0408. The Morgan fingerprint density at radius 3 is 1.54 bits per heavy atom. The number of oxime groups is 1. The Morgan fingerprint density at radius 1 is 0.672 bits per heavy atom. The van der Waals surface area contributed by atoms with E-state index in [0.717, 1.165) is 0 Å². The van der Waals surface area contributed by atoms with Crippen LogP contribution in [0, 0.1) is 17.6 Å². The number of carbonyl (C=O) groups excluding carboxylic acids is 5. The van der Waals surface area contributed by atoms with E-state index in [0.29, 0.717) is 92.1 Å². The van der Waals surface area contributed by atoms with Crippen molar-refractivity contribution in [3.8, 4) is 11.5 Å². The molecule has 67 heavy (non-hydrogen) atoms. The second-order valence-corrected chi connectivity index (χ2v) is 15.9. The van der Waals surface area contributed by atoms with E-state index in [1.807, 2.05) is 33.8 Å². The summed E-state index contributed by atoms with van der Waals surface area (Å²) >= 11 is 0. The lowest BCUT2D eigenvalue weighted by atomic mass is 10.1. The molecule has 3 heterocycles. The topological polar surface area (TPSA) is 229 Å². The molecule has 2 fully saturated rings. The lowest BCUT2D eigenvalue weighted by Gasteiger charge is -2.34. The first kappa shape index (κ1) is 50.1. The number of halogens is 2. The van der Waals surface area contributed by atoms with Gasteiger partial charge in [-0.25, -0.2) is 23.2 Å². The second kappa shape index (κ2) is 23.9. The fourth-order valence-corrected chi connectivity index (χ4v) is 6.51. The Bertz CT molecular complexity index is 2540. The number of piperazine rings is 2. The highest BCUT2D eigenvalue weighted by Gasteiger charge is 2.27. The van der Waals surface area contributed by atoms with Gasteiger partial charge in [0.15, 0.2) is 5.82 Å². The van der Waals surface area contributed by atoms with Crippen molar-refractivity contribution in [1.29, 1.82) is 0 Å². The molecule has 2 aliphatic heterocycles. The predicted molar refractivity (Wildman–Crippen MR) is 246 cm³/mol. The number of esters is 1. The molecule has 0 unspecified atom stereocenters. The predicted octanol–water partition coefficient (Wildman–Crippen LogP) is 6.98. The number of urea groups is 2. The highest BCUT2D eigenvalue weighted by atomic mass is 19.1. The number of ether oxygens (including phenoxy) is 1. The lowest BCUT2D eigenvalue weighted by Crippen LogP contribution is -2.51. The number of rotatable bonds is 8. The zero-order chi connectivity index (χ0) is 48.6. The monoisotopic (exact) mass is 924 g/mol. The van der Waals surface area contributed by atoms with Crippen molar-refractivity contribution in [2.75, 3.05) is 70.1 Å². The number of nitrogens with two attached hydrogens (primary N) is 1. The molecule has 0 atom stereocenters. The Hall–Kier alpha value is -7.90. The SMILES string of the molecule is CC(C)/C(N)=N/O.CC(C)c1noc(-c2cccc(NC(=O)N3CCN(C(=O)c4cccc(F)c4)CC3)c2)n1.COC(=O)c1cccc(NC(=O)N2CCN(C(=O)c3cccc(F)c3)CC2)c1. The van der Waals surface area contributed by atoms with E-state index in [1.165, 1.54) is 49.6 Å². The highest BCUT2D eigenvalue weighted by Crippen LogP contribution is 2.24. The highest BCUT2D eigenvalue weighted by molar-refractivity contribution is 5.96. The summed E-state index contributed by atoms with van der Waals surface area (Å²) < 4.78 is 36.7. The molecule has 6 amide bonds. The average Bonchev–Trinajstić information content (AvgIpc) is 3.85. The normalized spacial score (nSPS) is 13.8. The summed E-state index contributed by atoms with van der Waals surface area (Å²) in [6.07, 6.45) is 0. The van der Waals surface area contributed by atoms with Crippen molar-refractivity contribution in [1.82, 2.24) is 29.7 Å². The third-order valence-electron chi connectivity index (χ3n) is 10.4.